The van der Waals surface area contributed by atoms with Gasteiger partial charge in [0, 0.05) is 44.8 Å². The van der Waals surface area contributed by atoms with Gasteiger partial charge >= 0.3 is 0 Å². The molecule has 2 atom stereocenters. The van der Waals surface area contributed by atoms with Crippen LogP contribution in [0.25, 0.3) is 0 Å². The fraction of sp³-hybridized carbons (Fsp3) is 0.500. The molecule has 0 amide bonds. The summed E-state index contributed by atoms with van der Waals surface area (Å²) in [5.41, 5.74) is 0. The van der Waals surface area contributed by atoms with Crippen molar-refractivity contribution in [2.75, 3.05) is 42.6 Å². The van der Waals surface area contributed by atoms with E-state index in [2.05, 4.69) is 19.8 Å². The van der Waals surface area contributed by atoms with Crippen molar-refractivity contribution >= 4 is 34.8 Å². The van der Waals surface area contributed by atoms with Crippen molar-refractivity contribution in [3.05, 3.63) is 40.6 Å². The van der Waals surface area contributed by atoms with Crippen LogP contribution in [-0.2, 0) is 0 Å². The minimum atomic E-state index is 0.0735. The van der Waals surface area contributed by atoms with Crippen molar-refractivity contribution in [1.29, 1.82) is 0 Å². The number of ether oxygens (including phenoxy) is 1. The molecule has 0 spiro atoms. The standard InChI is InChI=1S/C20H24Cl2N4O2/c21-17-4-3-15(8-18(17)22)28-16-5-7-26(11-16)20-9-19(23-13-24-20)25-6-1-2-14(10-25)12-27/h3-4,8-9,13-14,16,27H,1-2,5-7,10-12H2. The largest absolute Gasteiger partial charge is 0.488 e. The molecule has 150 valence electrons. The maximum absolute atomic E-state index is 9.47. The molecule has 1 aromatic carbocycles. The molecule has 1 N–H and O–H groups in total. The Morgan fingerprint density at radius 1 is 1.00 bits per heavy atom. The minimum absolute atomic E-state index is 0.0735. The van der Waals surface area contributed by atoms with Crippen LogP contribution in [0.5, 0.6) is 5.75 Å². The van der Waals surface area contributed by atoms with E-state index in [9.17, 15) is 5.11 Å². The number of anilines is 2. The molecule has 0 aliphatic carbocycles. The van der Waals surface area contributed by atoms with Gasteiger partial charge in [-0.2, -0.15) is 0 Å². The SMILES string of the molecule is OCC1CCCN(c2cc(N3CCC(Oc4ccc(Cl)c(Cl)c4)C3)ncn2)C1. The highest BCUT2D eigenvalue weighted by Crippen LogP contribution is 2.29. The smallest absolute Gasteiger partial charge is 0.134 e. The summed E-state index contributed by atoms with van der Waals surface area (Å²) >= 11 is 12.0. The lowest BCUT2D eigenvalue weighted by Gasteiger charge is -2.33. The summed E-state index contributed by atoms with van der Waals surface area (Å²) in [6, 6.07) is 7.39. The van der Waals surface area contributed by atoms with E-state index in [1.54, 1.807) is 18.5 Å². The summed E-state index contributed by atoms with van der Waals surface area (Å²) in [5.74, 6) is 2.89. The van der Waals surface area contributed by atoms with Crippen LogP contribution in [0, 0.1) is 5.92 Å². The zero-order chi connectivity index (χ0) is 19.5. The van der Waals surface area contributed by atoms with Gasteiger partial charge in [-0.05, 0) is 30.9 Å². The topological polar surface area (TPSA) is 61.7 Å². The van der Waals surface area contributed by atoms with E-state index >= 15 is 0 Å². The van der Waals surface area contributed by atoms with Crippen molar-refractivity contribution in [3.63, 3.8) is 0 Å². The molecule has 3 heterocycles. The first-order valence-corrected chi connectivity index (χ1v) is 10.4. The second-order valence-corrected chi connectivity index (χ2v) is 8.24. The molecule has 2 aliphatic rings. The third kappa shape index (κ3) is 4.45. The maximum atomic E-state index is 9.47. The average molecular weight is 423 g/mol. The third-order valence-electron chi connectivity index (χ3n) is 5.40. The van der Waals surface area contributed by atoms with Gasteiger partial charge < -0.3 is 19.6 Å². The minimum Gasteiger partial charge on any atom is -0.488 e. The number of hydrogen-bond donors (Lipinski definition) is 1. The van der Waals surface area contributed by atoms with Gasteiger partial charge in [0.05, 0.1) is 16.6 Å². The Kier molecular flexibility index (Phi) is 6.09. The lowest BCUT2D eigenvalue weighted by Crippen LogP contribution is -2.37. The van der Waals surface area contributed by atoms with Crippen LogP contribution >= 0.6 is 23.2 Å². The molecule has 2 fully saturated rings. The van der Waals surface area contributed by atoms with E-state index in [1.165, 1.54) is 0 Å². The quantitative estimate of drug-likeness (QED) is 0.793. The van der Waals surface area contributed by atoms with Crippen molar-refractivity contribution < 1.29 is 9.84 Å². The first-order valence-electron chi connectivity index (χ1n) is 9.67. The number of piperidine rings is 1. The summed E-state index contributed by atoms with van der Waals surface area (Å²) in [4.78, 5) is 13.4. The summed E-state index contributed by atoms with van der Waals surface area (Å²) in [7, 11) is 0. The number of halogens is 2. The molecular formula is C20H24Cl2N4O2. The van der Waals surface area contributed by atoms with E-state index in [0.29, 0.717) is 16.0 Å². The molecule has 2 saturated heterocycles. The molecule has 2 aromatic rings. The molecule has 28 heavy (non-hydrogen) atoms. The second kappa shape index (κ2) is 8.72. The Morgan fingerprint density at radius 2 is 1.79 bits per heavy atom. The maximum Gasteiger partial charge on any atom is 0.134 e. The van der Waals surface area contributed by atoms with Gasteiger partial charge in [0.1, 0.15) is 29.8 Å². The van der Waals surface area contributed by atoms with Crippen LogP contribution in [0.4, 0.5) is 11.6 Å². The Morgan fingerprint density at radius 3 is 2.54 bits per heavy atom. The second-order valence-electron chi connectivity index (χ2n) is 7.42. The molecule has 2 aliphatic heterocycles. The summed E-state index contributed by atoms with van der Waals surface area (Å²) in [6.45, 7) is 3.68. The number of aliphatic hydroxyl groups excluding tert-OH is 1. The molecular weight excluding hydrogens is 399 g/mol. The fourth-order valence-electron chi connectivity index (χ4n) is 3.88. The molecule has 6 nitrogen and oxygen atoms in total. The number of rotatable bonds is 5. The molecule has 0 radical (unpaired) electrons. The van der Waals surface area contributed by atoms with Crippen LogP contribution in [0.1, 0.15) is 19.3 Å². The predicted octanol–water partition coefficient (Wildman–Crippen LogP) is 3.65. The zero-order valence-electron chi connectivity index (χ0n) is 15.6. The lowest BCUT2D eigenvalue weighted by atomic mass is 9.99. The van der Waals surface area contributed by atoms with Gasteiger partial charge in [-0.3, -0.25) is 0 Å². The summed E-state index contributed by atoms with van der Waals surface area (Å²) < 4.78 is 6.07. The Hall–Kier alpha value is -1.76. The Bertz CT molecular complexity index is 823. The van der Waals surface area contributed by atoms with Gasteiger partial charge in [-0.15, -0.1) is 0 Å². The number of nitrogens with zero attached hydrogens (tertiary/aromatic N) is 4. The first-order chi connectivity index (χ1) is 13.6. The van der Waals surface area contributed by atoms with Crippen LogP contribution in [0.2, 0.25) is 10.0 Å². The molecule has 0 saturated carbocycles. The zero-order valence-corrected chi connectivity index (χ0v) is 17.1. The third-order valence-corrected chi connectivity index (χ3v) is 6.14. The van der Waals surface area contributed by atoms with Gasteiger partial charge in [0.2, 0.25) is 0 Å². The summed E-state index contributed by atoms with van der Waals surface area (Å²) in [5, 5.41) is 10.5. The van der Waals surface area contributed by atoms with Gasteiger partial charge in [-0.25, -0.2) is 9.97 Å². The predicted molar refractivity (Wildman–Crippen MR) is 112 cm³/mol. The monoisotopic (exact) mass is 422 g/mol. The molecule has 4 rings (SSSR count). The van der Waals surface area contributed by atoms with Gasteiger partial charge in [0.25, 0.3) is 0 Å². The highest BCUT2D eigenvalue weighted by molar-refractivity contribution is 6.42. The summed E-state index contributed by atoms with van der Waals surface area (Å²) in [6.07, 6.45) is 4.76. The van der Waals surface area contributed by atoms with Crippen LogP contribution in [0.15, 0.2) is 30.6 Å². The van der Waals surface area contributed by atoms with Crippen LogP contribution < -0.4 is 14.5 Å². The van der Waals surface area contributed by atoms with E-state index in [-0.39, 0.29) is 12.7 Å². The van der Waals surface area contributed by atoms with Crippen molar-refractivity contribution in [1.82, 2.24) is 9.97 Å². The first kappa shape index (κ1) is 19.6. The van der Waals surface area contributed by atoms with E-state index < -0.39 is 0 Å². The fourth-order valence-corrected chi connectivity index (χ4v) is 4.17. The number of hydrogen-bond acceptors (Lipinski definition) is 6. The van der Waals surface area contributed by atoms with Gasteiger partial charge in [-0.1, -0.05) is 23.2 Å². The molecule has 0 bridgehead atoms. The number of benzene rings is 1. The highest BCUT2D eigenvalue weighted by Gasteiger charge is 2.27. The Labute approximate surface area is 175 Å². The molecule has 8 heteroatoms. The van der Waals surface area contributed by atoms with Crippen molar-refractivity contribution in [3.8, 4) is 5.75 Å². The van der Waals surface area contributed by atoms with Gasteiger partial charge in [0.15, 0.2) is 0 Å². The lowest BCUT2D eigenvalue weighted by molar-refractivity contribution is 0.208. The number of aliphatic hydroxyl groups is 1. The average Bonchev–Trinajstić information content (AvgIpc) is 3.19. The normalized spacial score (nSPS) is 22.5. The molecule has 2 unspecified atom stereocenters. The Balaban J connectivity index is 1.40. The van der Waals surface area contributed by atoms with Crippen molar-refractivity contribution in [2.24, 2.45) is 5.92 Å². The van der Waals surface area contributed by atoms with Crippen LogP contribution in [0.3, 0.4) is 0 Å². The van der Waals surface area contributed by atoms with E-state index in [1.807, 2.05) is 12.1 Å². The molecule has 1 aromatic heterocycles. The number of aromatic nitrogens is 2. The van der Waals surface area contributed by atoms with E-state index in [4.69, 9.17) is 27.9 Å². The highest BCUT2D eigenvalue weighted by atomic mass is 35.5. The van der Waals surface area contributed by atoms with E-state index in [0.717, 1.165) is 62.8 Å². The van der Waals surface area contributed by atoms with Crippen LogP contribution in [-0.4, -0.2) is 54.0 Å². The van der Waals surface area contributed by atoms with Crippen molar-refractivity contribution in [2.45, 2.75) is 25.4 Å².